The maximum absolute atomic E-state index is 12.1. The summed E-state index contributed by atoms with van der Waals surface area (Å²) in [5, 5.41) is 0. The van der Waals surface area contributed by atoms with Crippen molar-refractivity contribution >= 4 is 33.9 Å². The Labute approximate surface area is 193 Å². The number of carbonyl (C=O) groups excluding carboxylic acids is 2. The molecule has 2 radical (unpaired) electrons. The average molecular weight is 537 g/mol. The van der Waals surface area contributed by atoms with Gasteiger partial charge in [0.25, 0.3) is 0 Å². The summed E-state index contributed by atoms with van der Waals surface area (Å²) in [6, 6.07) is 0. The van der Waals surface area contributed by atoms with Crippen molar-refractivity contribution in [3.8, 4) is 0 Å². The molecule has 7 nitrogen and oxygen atoms in total. The van der Waals surface area contributed by atoms with Crippen LogP contribution in [0.25, 0.3) is 0 Å². The number of rotatable bonds is 19. The number of hydrogen-bond donors (Lipinski definition) is 0. The van der Waals surface area contributed by atoms with Crippen molar-refractivity contribution < 1.29 is 31.6 Å². The minimum absolute atomic E-state index is 0.246. The first kappa shape index (κ1) is 29.3. The molecule has 0 aliphatic heterocycles. The molecule has 0 aliphatic carbocycles. The van der Waals surface area contributed by atoms with Crippen LogP contribution in [0.5, 0.6) is 0 Å². The summed E-state index contributed by atoms with van der Waals surface area (Å²) in [5.41, 5.74) is 0. The van der Waals surface area contributed by atoms with Crippen LogP contribution in [0, 0.1) is 0 Å². The zero-order valence-corrected chi connectivity index (χ0v) is 22.3. The summed E-state index contributed by atoms with van der Waals surface area (Å²) >= 11 is -1.36. The van der Waals surface area contributed by atoms with Gasteiger partial charge in [-0.3, -0.25) is 0 Å². The first-order chi connectivity index (χ1) is 14.5. The SMILES string of the molecule is CCCCCCC[CH2][Sn][O]C(CCC)(OC(=O)OCCCC)OC(=O)OCCCC. The number of carbonyl (C=O) groups is 2. The van der Waals surface area contributed by atoms with Crippen LogP contribution in [0.1, 0.15) is 105 Å². The second-order valence-corrected chi connectivity index (χ2v) is 10.1. The Bertz CT molecular complexity index is 408. The monoisotopic (exact) mass is 538 g/mol. The normalized spacial score (nSPS) is 11.2. The van der Waals surface area contributed by atoms with Gasteiger partial charge in [-0.25, -0.2) is 0 Å². The van der Waals surface area contributed by atoms with Crippen LogP contribution in [0.3, 0.4) is 0 Å². The second-order valence-electron chi connectivity index (χ2n) is 7.31. The minimum atomic E-state index is -1.74. The molecular formula is C22H42O7Sn. The van der Waals surface area contributed by atoms with E-state index in [1.165, 1.54) is 32.1 Å². The van der Waals surface area contributed by atoms with E-state index in [1.54, 1.807) is 0 Å². The number of hydrogen-bond acceptors (Lipinski definition) is 7. The molecule has 0 saturated heterocycles. The summed E-state index contributed by atoms with van der Waals surface area (Å²) in [6.07, 6.45) is 9.64. The van der Waals surface area contributed by atoms with Gasteiger partial charge in [0.2, 0.25) is 0 Å². The molecular weight excluding hydrogens is 495 g/mol. The molecule has 0 bridgehead atoms. The van der Waals surface area contributed by atoms with Crippen molar-refractivity contribution in [2.75, 3.05) is 13.2 Å². The van der Waals surface area contributed by atoms with Gasteiger partial charge in [-0.05, 0) is 0 Å². The molecule has 8 heteroatoms. The Morgan fingerprint density at radius 1 is 0.667 bits per heavy atom. The van der Waals surface area contributed by atoms with E-state index < -0.39 is 39.8 Å². The fourth-order valence-corrected chi connectivity index (χ4v) is 5.15. The van der Waals surface area contributed by atoms with E-state index >= 15 is 0 Å². The molecule has 0 amide bonds. The summed E-state index contributed by atoms with van der Waals surface area (Å²) in [4.78, 5) is 24.3. The molecule has 0 rings (SSSR count). The molecule has 176 valence electrons. The Morgan fingerprint density at radius 3 is 1.67 bits per heavy atom. The third-order valence-electron chi connectivity index (χ3n) is 4.33. The number of ether oxygens (including phenoxy) is 4. The maximum atomic E-state index is 12.1. The molecule has 0 aliphatic rings. The summed E-state index contributed by atoms with van der Waals surface area (Å²) < 4.78 is 27.9. The zero-order valence-electron chi connectivity index (χ0n) is 19.5. The molecule has 0 spiro atoms. The fraction of sp³-hybridized carbons (Fsp3) is 0.909. The summed E-state index contributed by atoms with van der Waals surface area (Å²) in [5.74, 6) is -1.74. The fourth-order valence-electron chi connectivity index (χ4n) is 2.57. The first-order valence-corrected chi connectivity index (χ1v) is 14.8. The second kappa shape index (κ2) is 20.2. The van der Waals surface area contributed by atoms with E-state index in [0.717, 1.165) is 36.5 Å². The Morgan fingerprint density at radius 2 is 1.17 bits per heavy atom. The average Bonchev–Trinajstić information content (AvgIpc) is 2.70. The van der Waals surface area contributed by atoms with Crippen molar-refractivity contribution in [3.05, 3.63) is 0 Å². The third-order valence-corrected chi connectivity index (χ3v) is 7.22. The van der Waals surface area contributed by atoms with E-state index in [1.807, 2.05) is 20.8 Å². The molecule has 0 aromatic rings. The number of unbranched alkanes of at least 4 members (excludes halogenated alkanes) is 7. The van der Waals surface area contributed by atoms with Gasteiger partial charge < -0.3 is 0 Å². The van der Waals surface area contributed by atoms with Gasteiger partial charge in [-0.1, -0.05) is 0 Å². The van der Waals surface area contributed by atoms with Crippen LogP contribution < -0.4 is 0 Å². The van der Waals surface area contributed by atoms with Gasteiger partial charge in [0.05, 0.1) is 0 Å². The van der Waals surface area contributed by atoms with Crippen LogP contribution in [-0.2, 0) is 22.0 Å². The molecule has 0 fully saturated rings. The van der Waals surface area contributed by atoms with Crippen molar-refractivity contribution in [2.45, 2.75) is 115 Å². The topological polar surface area (TPSA) is 80.3 Å². The van der Waals surface area contributed by atoms with Crippen LogP contribution in [0.2, 0.25) is 4.44 Å². The zero-order chi connectivity index (χ0) is 22.5. The predicted molar refractivity (Wildman–Crippen MR) is 117 cm³/mol. The van der Waals surface area contributed by atoms with E-state index in [2.05, 4.69) is 6.92 Å². The van der Waals surface area contributed by atoms with Crippen molar-refractivity contribution in [2.24, 2.45) is 0 Å². The van der Waals surface area contributed by atoms with Crippen molar-refractivity contribution in [3.63, 3.8) is 0 Å². The predicted octanol–water partition coefficient (Wildman–Crippen LogP) is 6.76. The van der Waals surface area contributed by atoms with Gasteiger partial charge in [0.1, 0.15) is 0 Å². The molecule has 0 saturated carbocycles. The first-order valence-electron chi connectivity index (χ1n) is 11.7. The van der Waals surface area contributed by atoms with Gasteiger partial charge in [0.15, 0.2) is 0 Å². The van der Waals surface area contributed by atoms with E-state index in [0.29, 0.717) is 6.42 Å². The molecule has 0 aromatic heterocycles. The van der Waals surface area contributed by atoms with E-state index in [9.17, 15) is 9.59 Å². The Balaban J connectivity index is 4.77. The van der Waals surface area contributed by atoms with Gasteiger partial charge in [0, 0.05) is 0 Å². The Kier molecular flexibility index (Phi) is 19.7. The third kappa shape index (κ3) is 16.0. The molecule has 0 atom stereocenters. The van der Waals surface area contributed by atoms with Crippen molar-refractivity contribution in [1.82, 2.24) is 0 Å². The molecule has 30 heavy (non-hydrogen) atoms. The standard InChI is InChI=1S/C14H25O7.C8H17.Sn/c1-4-7-10-18-12(15)20-14(17,9-6-3)21-13(16)19-11-8-5-2;1-3-5-7-8-6-4-2;/h4-11H2,1-3H3;1,3-8H2,2H3;/q-1;;+1. The Hall–Kier alpha value is -0.701. The summed E-state index contributed by atoms with van der Waals surface area (Å²) in [6.45, 7) is 8.64. The van der Waals surface area contributed by atoms with E-state index in [-0.39, 0.29) is 19.6 Å². The molecule has 0 aromatic carbocycles. The van der Waals surface area contributed by atoms with Crippen LogP contribution in [0.15, 0.2) is 0 Å². The molecule has 0 heterocycles. The van der Waals surface area contributed by atoms with Gasteiger partial charge in [-0.2, -0.15) is 0 Å². The quantitative estimate of drug-likeness (QED) is 0.0780. The molecule has 0 unspecified atom stereocenters. The van der Waals surface area contributed by atoms with Crippen LogP contribution in [-0.4, -0.2) is 53.1 Å². The van der Waals surface area contributed by atoms with Gasteiger partial charge in [-0.15, -0.1) is 0 Å². The summed E-state index contributed by atoms with van der Waals surface area (Å²) in [7, 11) is 0. The van der Waals surface area contributed by atoms with E-state index in [4.69, 9.17) is 22.0 Å². The van der Waals surface area contributed by atoms with Crippen LogP contribution in [0.4, 0.5) is 9.59 Å². The van der Waals surface area contributed by atoms with Gasteiger partial charge >= 0.3 is 194 Å². The van der Waals surface area contributed by atoms with Crippen LogP contribution >= 0.6 is 0 Å². The van der Waals surface area contributed by atoms with Crippen molar-refractivity contribution in [1.29, 1.82) is 0 Å². The molecule has 0 N–H and O–H groups in total.